The topological polar surface area (TPSA) is 70.5 Å². The summed E-state index contributed by atoms with van der Waals surface area (Å²) in [5.74, 6) is -0.332. The maximum absolute atomic E-state index is 12.7. The second kappa shape index (κ2) is 7.48. The van der Waals surface area contributed by atoms with Gasteiger partial charge >= 0.3 is 0 Å². The third-order valence-electron chi connectivity index (χ3n) is 4.16. The molecule has 0 atom stereocenters. The quantitative estimate of drug-likeness (QED) is 0.845. The molecule has 2 aromatic rings. The van der Waals surface area contributed by atoms with E-state index in [1.807, 2.05) is 49.3 Å². The van der Waals surface area contributed by atoms with Crippen molar-refractivity contribution < 1.29 is 9.59 Å². The van der Waals surface area contributed by atoms with E-state index in [9.17, 15) is 9.59 Å². The molecule has 0 unspecified atom stereocenters. The number of hydrogen-bond donors (Lipinski definition) is 1. The Hall–Kier alpha value is -2.67. The number of aromatic nitrogens is 2. The minimum absolute atomic E-state index is 0.0880. The molecular weight excluding hydrogens is 318 g/mol. The lowest BCUT2D eigenvalue weighted by Gasteiger charge is -2.27. The van der Waals surface area contributed by atoms with Gasteiger partial charge in [-0.2, -0.15) is 5.10 Å². The summed E-state index contributed by atoms with van der Waals surface area (Å²) in [5, 5.41) is 7.11. The molecule has 7 heteroatoms. The van der Waals surface area contributed by atoms with E-state index < -0.39 is 0 Å². The number of rotatable bonds is 6. The van der Waals surface area contributed by atoms with Crippen LogP contribution in [0.15, 0.2) is 36.4 Å². The van der Waals surface area contributed by atoms with Gasteiger partial charge in [-0.3, -0.25) is 14.3 Å². The lowest BCUT2D eigenvalue weighted by molar-refractivity contribution is 0.0683. The summed E-state index contributed by atoms with van der Waals surface area (Å²) in [5.41, 5.74) is 1.86. The van der Waals surface area contributed by atoms with Crippen molar-refractivity contribution in [3.05, 3.63) is 53.3 Å². The number of benzene rings is 1. The lowest BCUT2D eigenvalue weighted by Crippen LogP contribution is -2.39. The van der Waals surface area contributed by atoms with Crippen molar-refractivity contribution in [2.24, 2.45) is 0 Å². The molecular formula is C18H23N5O2. The molecule has 0 saturated carbocycles. The van der Waals surface area contributed by atoms with Crippen LogP contribution in [0.3, 0.4) is 0 Å². The number of fused-ring (bicyclic) bond motifs is 1. The molecule has 1 aromatic carbocycles. The van der Waals surface area contributed by atoms with Crippen LogP contribution in [0.1, 0.15) is 26.5 Å². The lowest BCUT2D eigenvalue weighted by atomic mass is 10.2. The smallest absolute Gasteiger partial charge is 0.272 e. The number of amides is 2. The standard InChI is InChI=1S/C18H23N5O2/c1-21(2)9-8-19-17(24)15-12-16-18(25)22(10-11-23(16)20-15)13-14-6-4-3-5-7-14/h3-7,12H,8-11,13H2,1-2H3,(H,19,24). The second-order valence-corrected chi connectivity index (χ2v) is 6.41. The molecule has 25 heavy (non-hydrogen) atoms. The number of carbonyl (C=O) groups excluding carboxylic acids is 2. The van der Waals surface area contributed by atoms with Crippen molar-refractivity contribution in [3.63, 3.8) is 0 Å². The predicted molar refractivity (Wildman–Crippen MR) is 94.3 cm³/mol. The van der Waals surface area contributed by atoms with Gasteiger partial charge in [0.2, 0.25) is 0 Å². The van der Waals surface area contributed by atoms with Crippen molar-refractivity contribution in [1.82, 2.24) is 24.9 Å². The number of nitrogens with zero attached hydrogens (tertiary/aromatic N) is 4. The molecule has 0 radical (unpaired) electrons. The maximum atomic E-state index is 12.7. The van der Waals surface area contributed by atoms with E-state index in [4.69, 9.17) is 0 Å². The highest BCUT2D eigenvalue weighted by atomic mass is 16.2. The summed E-state index contributed by atoms with van der Waals surface area (Å²) < 4.78 is 1.63. The largest absolute Gasteiger partial charge is 0.349 e. The maximum Gasteiger partial charge on any atom is 0.272 e. The summed E-state index contributed by atoms with van der Waals surface area (Å²) in [7, 11) is 3.89. The average molecular weight is 341 g/mol. The van der Waals surface area contributed by atoms with Gasteiger partial charge in [-0.15, -0.1) is 0 Å². The fourth-order valence-corrected chi connectivity index (χ4v) is 2.79. The molecule has 0 spiro atoms. The SMILES string of the molecule is CN(C)CCNC(=O)c1cc2n(n1)CCN(Cc1ccccc1)C2=O. The molecule has 1 aliphatic rings. The molecule has 3 rings (SSSR count). The van der Waals surface area contributed by atoms with Crippen molar-refractivity contribution in [3.8, 4) is 0 Å². The normalized spacial score (nSPS) is 13.9. The molecule has 132 valence electrons. The third kappa shape index (κ3) is 4.06. The average Bonchev–Trinajstić information content (AvgIpc) is 3.03. The molecule has 0 fully saturated rings. The molecule has 1 aromatic heterocycles. The van der Waals surface area contributed by atoms with Gasteiger partial charge in [-0.25, -0.2) is 0 Å². The molecule has 2 amide bonds. The third-order valence-corrected chi connectivity index (χ3v) is 4.16. The minimum atomic E-state index is -0.244. The Morgan fingerprint density at radius 2 is 2.00 bits per heavy atom. The minimum Gasteiger partial charge on any atom is -0.349 e. The van der Waals surface area contributed by atoms with E-state index in [0.29, 0.717) is 37.6 Å². The highest BCUT2D eigenvalue weighted by molar-refractivity contribution is 5.98. The van der Waals surface area contributed by atoms with Crippen LogP contribution < -0.4 is 5.32 Å². The van der Waals surface area contributed by atoms with Crippen LogP contribution in [0.4, 0.5) is 0 Å². The Labute approximate surface area is 147 Å². The van der Waals surface area contributed by atoms with Crippen LogP contribution in [0, 0.1) is 0 Å². The van der Waals surface area contributed by atoms with Gasteiger partial charge in [0.25, 0.3) is 11.8 Å². The monoisotopic (exact) mass is 341 g/mol. The van der Waals surface area contributed by atoms with Gasteiger partial charge < -0.3 is 15.1 Å². The number of hydrogen-bond acceptors (Lipinski definition) is 4. The Bertz CT molecular complexity index is 754. The molecule has 1 aliphatic heterocycles. The predicted octanol–water partition coefficient (Wildman–Crippen LogP) is 0.831. The van der Waals surface area contributed by atoms with Gasteiger partial charge in [-0.1, -0.05) is 30.3 Å². The number of nitrogens with one attached hydrogen (secondary N) is 1. The molecule has 0 bridgehead atoms. The van der Waals surface area contributed by atoms with E-state index in [-0.39, 0.29) is 11.8 Å². The summed E-state index contributed by atoms with van der Waals surface area (Å²) >= 11 is 0. The van der Waals surface area contributed by atoms with Crippen LogP contribution in [-0.4, -0.2) is 65.1 Å². The molecule has 1 N–H and O–H groups in total. The van der Waals surface area contributed by atoms with Crippen molar-refractivity contribution >= 4 is 11.8 Å². The summed E-state index contributed by atoms with van der Waals surface area (Å²) in [6.45, 7) is 3.05. The fourth-order valence-electron chi connectivity index (χ4n) is 2.79. The molecule has 0 aliphatic carbocycles. The zero-order valence-corrected chi connectivity index (χ0v) is 14.6. The van der Waals surface area contributed by atoms with E-state index >= 15 is 0 Å². The Balaban J connectivity index is 1.67. The Morgan fingerprint density at radius 3 is 2.72 bits per heavy atom. The van der Waals surface area contributed by atoms with Gasteiger partial charge in [0, 0.05) is 32.2 Å². The van der Waals surface area contributed by atoms with Crippen LogP contribution in [0.2, 0.25) is 0 Å². The highest BCUT2D eigenvalue weighted by Gasteiger charge is 2.27. The zero-order valence-electron chi connectivity index (χ0n) is 14.6. The van der Waals surface area contributed by atoms with Gasteiger partial charge in [0.05, 0.1) is 6.54 Å². The Morgan fingerprint density at radius 1 is 1.24 bits per heavy atom. The summed E-state index contributed by atoms with van der Waals surface area (Å²) in [6.07, 6.45) is 0. The Kier molecular flexibility index (Phi) is 5.14. The van der Waals surface area contributed by atoms with E-state index in [2.05, 4.69) is 10.4 Å². The van der Waals surface area contributed by atoms with E-state index in [1.165, 1.54) is 0 Å². The van der Waals surface area contributed by atoms with Crippen LogP contribution in [0.5, 0.6) is 0 Å². The van der Waals surface area contributed by atoms with Crippen molar-refractivity contribution in [2.45, 2.75) is 13.1 Å². The fraction of sp³-hybridized carbons (Fsp3) is 0.389. The zero-order chi connectivity index (χ0) is 17.8. The number of carbonyl (C=O) groups is 2. The first-order chi connectivity index (χ1) is 12.0. The van der Waals surface area contributed by atoms with Gasteiger partial charge in [-0.05, 0) is 19.7 Å². The van der Waals surface area contributed by atoms with Crippen molar-refractivity contribution in [1.29, 1.82) is 0 Å². The van der Waals surface area contributed by atoms with E-state index in [1.54, 1.807) is 15.6 Å². The molecule has 0 saturated heterocycles. The first kappa shape index (κ1) is 17.2. The molecule has 7 nitrogen and oxygen atoms in total. The van der Waals surface area contributed by atoms with E-state index in [0.717, 1.165) is 12.1 Å². The summed E-state index contributed by atoms with van der Waals surface area (Å²) in [4.78, 5) is 28.7. The first-order valence-corrected chi connectivity index (χ1v) is 8.38. The highest BCUT2D eigenvalue weighted by Crippen LogP contribution is 2.16. The van der Waals surface area contributed by atoms with Crippen molar-refractivity contribution in [2.75, 3.05) is 33.7 Å². The van der Waals surface area contributed by atoms with Crippen LogP contribution in [0.25, 0.3) is 0 Å². The first-order valence-electron chi connectivity index (χ1n) is 8.38. The van der Waals surface area contributed by atoms with Crippen LogP contribution >= 0.6 is 0 Å². The molecule has 2 heterocycles. The second-order valence-electron chi connectivity index (χ2n) is 6.41. The number of likely N-dealkylation sites (N-methyl/N-ethyl adjacent to an activating group) is 1. The summed E-state index contributed by atoms with van der Waals surface area (Å²) in [6, 6.07) is 11.5. The van der Waals surface area contributed by atoms with Crippen LogP contribution in [-0.2, 0) is 13.1 Å². The van der Waals surface area contributed by atoms with Gasteiger partial charge in [0.15, 0.2) is 5.69 Å². The van der Waals surface area contributed by atoms with Gasteiger partial charge in [0.1, 0.15) is 5.69 Å².